The number of carbonyl (C=O) groups is 1. The van der Waals surface area contributed by atoms with E-state index in [4.69, 9.17) is 11.6 Å². The van der Waals surface area contributed by atoms with Crippen molar-refractivity contribution in [2.75, 3.05) is 0 Å². The smallest absolute Gasteiger partial charge is 0.217 e. The van der Waals surface area contributed by atoms with E-state index in [1.165, 1.54) is 13.3 Å². The van der Waals surface area contributed by atoms with Crippen LogP contribution in [-0.2, 0) is 4.79 Å². The summed E-state index contributed by atoms with van der Waals surface area (Å²) in [6.07, 6.45) is 4.96. The molecule has 0 aliphatic heterocycles. The normalized spacial score (nSPS) is 22.8. The number of aromatic nitrogens is 4. The minimum atomic E-state index is 0.0132. The molecule has 0 saturated heterocycles. The van der Waals surface area contributed by atoms with Gasteiger partial charge in [-0.3, -0.25) is 4.79 Å². The third-order valence-electron chi connectivity index (χ3n) is 3.23. The van der Waals surface area contributed by atoms with Gasteiger partial charge in [0, 0.05) is 19.0 Å². The van der Waals surface area contributed by atoms with Gasteiger partial charge in [-0.15, -0.1) is 0 Å². The van der Waals surface area contributed by atoms with Crippen molar-refractivity contribution in [1.82, 2.24) is 24.8 Å². The van der Waals surface area contributed by atoms with Gasteiger partial charge >= 0.3 is 0 Å². The minimum Gasteiger partial charge on any atom is -0.353 e. The quantitative estimate of drug-likeness (QED) is 0.831. The third kappa shape index (κ3) is 1.82. The number of hydrogen-bond acceptors (Lipinski definition) is 4. The van der Waals surface area contributed by atoms with E-state index in [0.29, 0.717) is 16.7 Å². The molecule has 1 saturated carbocycles. The maximum Gasteiger partial charge on any atom is 0.217 e. The molecule has 6 nitrogen and oxygen atoms in total. The summed E-state index contributed by atoms with van der Waals surface area (Å²) in [5.41, 5.74) is 1.38. The lowest BCUT2D eigenvalue weighted by Crippen LogP contribution is -2.44. The lowest BCUT2D eigenvalue weighted by molar-refractivity contribution is -0.120. The summed E-state index contributed by atoms with van der Waals surface area (Å²) in [5.74, 6) is 0.0132. The van der Waals surface area contributed by atoms with Crippen LogP contribution in [0, 0.1) is 0 Å². The molecule has 3 rings (SSSR count). The molecule has 2 aromatic rings. The van der Waals surface area contributed by atoms with Crippen molar-refractivity contribution in [3.8, 4) is 0 Å². The molecule has 7 heteroatoms. The molecule has 0 unspecified atom stereocenters. The van der Waals surface area contributed by atoms with E-state index >= 15 is 0 Å². The lowest BCUT2D eigenvalue weighted by atomic mass is 9.86. The van der Waals surface area contributed by atoms with Crippen LogP contribution in [-0.4, -0.2) is 31.5 Å². The molecule has 0 radical (unpaired) electrons. The van der Waals surface area contributed by atoms with E-state index in [1.807, 2.05) is 4.57 Å². The fourth-order valence-corrected chi connectivity index (χ4v) is 2.49. The summed E-state index contributed by atoms with van der Waals surface area (Å²) in [7, 11) is 0. The van der Waals surface area contributed by atoms with Gasteiger partial charge < -0.3 is 9.88 Å². The number of fused-ring (bicyclic) bond motifs is 1. The summed E-state index contributed by atoms with van der Waals surface area (Å²) < 4.78 is 2.00. The zero-order chi connectivity index (χ0) is 12.7. The number of nitrogens with one attached hydrogen (secondary N) is 1. The number of hydrogen-bond donors (Lipinski definition) is 1. The zero-order valence-electron chi connectivity index (χ0n) is 9.80. The molecule has 0 aromatic carbocycles. The van der Waals surface area contributed by atoms with Crippen LogP contribution in [0.3, 0.4) is 0 Å². The Morgan fingerprint density at radius 2 is 2.22 bits per heavy atom. The van der Waals surface area contributed by atoms with E-state index in [1.54, 1.807) is 6.33 Å². The van der Waals surface area contributed by atoms with Gasteiger partial charge in [0.25, 0.3) is 0 Å². The molecule has 1 fully saturated rings. The summed E-state index contributed by atoms with van der Waals surface area (Å²) >= 11 is 5.95. The molecule has 1 aliphatic rings. The Morgan fingerprint density at radius 1 is 1.44 bits per heavy atom. The Balaban J connectivity index is 1.81. The molecule has 18 heavy (non-hydrogen) atoms. The fraction of sp³-hybridized carbons (Fsp3) is 0.455. The maximum atomic E-state index is 10.9. The first-order valence-corrected chi connectivity index (χ1v) is 6.13. The van der Waals surface area contributed by atoms with E-state index in [2.05, 4.69) is 20.3 Å². The molecule has 1 amide bonds. The minimum absolute atomic E-state index is 0.0132. The molecule has 1 aliphatic carbocycles. The van der Waals surface area contributed by atoms with Gasteiger partial charge in [-0.1, -0.05) is 11.6 Å². The first-order valence-electron chi connectivity index (χ1n) is 5.75. The zero-order valence-corrected chi connectivity index (χ0v) is 10.6. The van der Waals surface area contributed by atoms with Crippen LogP contribution in [0.4, 0.5) is 0 Å². The van der Waals surface area contributed by atoms with Gasteiger partial charge in [-0.05, 0) is 12.8 Å². The highest BCUT2D eigenvalue weighted by molar-refractivity contribution is 6.33. The SMILES string of the molecule is CC(=O)NC1CC(n2cnc3c(Cl)ncnc32)C1. The van der Waals surface area contributed by atoms with Crippen LogP contribution in [0.25, 0.3) is 11.2 Å². The largest absolute Gasteiger partial charge is 0.353 e. The van der Waals surface area contributed by atoms with Crippen LogP contribution in [0.1, 0.15) is 25.8 Å². The topological polar surface area (TPSA) is 72.7 Å². The number of carbonyl (C=O) groups excluding carboxylic acids is 1. The average Bonchev–Trinajstić information content (AvgIpc) is 2.67. The number of nitrogens with zero attached hydrogens (tertiary/aromatic N) is 4. The van der Waals surface area contributed by atoms with Gasteiger partial charge in [0.15, 0.2) is 10.8 Å². The van der Waals surface area contributed by atoms with Gasteiger partial charge in [-0.25, -0.2) is 15.0 Å². The van der Waals surface area contributed by atoms with Gasteiger partial charge in [0.2, 0.25) is 5.91 Å². The van der Waals surface area contributed by atoms with Crippen LogP contribution in [0.2, 0.25) is 5.15 Å². The van der Waals surface area contributed by atoms with Crippen molar-refractivity contribution in [1.29, 1.82) is 0 Å². The molecule has 0 bridgehead atoms. The van der Waals surface area contributed by atoms with Crippen molar-refractivity contribution in [3.63, 3.8) is 0 Å². The van der Waals surface area contributed by atoms with Crippen LogP contribution in [0.15, 0.2) is 12.7 Å². The molecule has 2 heterocycles. The highest BCUT2D eigenvalue weighted by Gasteiger charge is 2.32. The third-order valence-corrected chi connectivity index (χ3v) is 3.50. The first-order chi connectivity index (χ1) is 8.65. The van der Waals surface area contributed by atoms with E-state index < -0.39 is 0 Å². The molecule has 94 valence electrons. The van der Waals surface area contributed by atoms with E-state index in [0.717, 1.165) is 18.5 Å². The second-order valence-electron chi connectivity index (χ2n) is 4.51. The average molecular weight is 266 g/mol. The number of rotatable bonds is 2. The molecule has 0 atom stereocenters. The Morgan fingerprint density at radius 3 is 2.94 bits per heavy atom. The highest BCUT2D eigenvalue weighted by Crippen LogP contribution is 2.34. The molecule has 2 aromatic heterocycles. The summed E-state index contributed by atoms with van der Waals surface area (Å²) in [6, 6.07) is 0.570. The monoisotopic (exact) mass is 265 g/mol. The Bertz CT molecular complexity index is 604. The van der Waals surface area contributed by atoms with Crippen molar-refractivity contribution in [2.45, 2.75) is 31.8 Å². The Hall–Kier alpha value is -1.69. The van der Waals surface area contributed by atoms with Crippen molar-refractivity contribution in [3.05, 3.63) is 17.8 Å². The number of imidazole rings is 1. The van der Waals surface area contributed by atoms with Gasteiger partial charge in [-0.2, -0.15) is 0 Å². The van der Waals surface area contributed by atoms with E-state index in [9.17, 15) is 4.79 Å². The Labute approximate surface area is 108 Å². The second-order valence-corrected chi connectivity index (χ2v) is 4.87. The molecular weight excluding hydrogens is 254 g/mol. The lowest BCUT2D eigenvalue weighted by Gasteiger charge is -2.36. The summed E-state index contributed by atoms with van der Waals surface area (Å²) in [4.78, 5) is 23.3. The van der Waals surface area contributed by atoms with Crippen molar-refractivity contribution in [2.24, 2.45) is 0 Å². The predicted molar refractivity (Wildman–Crippen MR) is 66.2 cm³/mol. The van der Waals surface area contributed by atoms with E-state index in [-0.39, 0.29) is 11.9 Å². The van der Waals surface area contributed by atoms with Crippen LogP contribution < -0.4 is 5.32 Å². The highest BCUT2D eigenvalue weighted by atomic mass is 35.5. The molecular formula is C11H12ClN5O. The second kappa shape index (κ2) is 4.20. The Kier molecular flexibility index (Phi) is 2.66. The summed E-state index contributed by atoms with van der Waals surface area (Å²) in [6.45, 7) is 1.53. The van der Waals surface area contributed by atoms with Crippen LogP contribution in [0.5, 0.6) is 0 Å². The maximum absolute atomic E-state index is 10.9. The first kappa shape index (κ1) is 11.4. The fourth-order valence-electron chi connectivity index (χ4n) is 2.31. The van der Waals surface area contributed by atoms with Gasteiger partial charge in [0.05, 0.1) is 6.33 Å². The number of halogens is 1. The van der Waals surface area contributed by atoms with Gasteiger partial charge in [0.1, 0.15) is 11.8 Å². The van der Waals surface area contributed by atoms with Crippen LogP contribution >= 0.6 is 11.6 Å². The molecule has 0 spiro atoms. The predicted octanol–water partition coefficient (Wildman–Crippen LogP) is 1.32. The molecule has 1 N–H and O–H groups in total. The van der Waals surface area contributed by atoms with Crippen molar-refractivity contribution < 1.29 is 4.79 Å². The number of amides is 1. The standard InChI is InChI=1S/C11H12ClN5O/c1-6(18)16-7-2-8(3-7)17-5-15-9-10(12)13-4-14-11(9)17/h4-5,7-8H,2-3H2,1H3,(H,16,18). The summed E-state index contributed by atoms with van der Waals surface area (Å²) in [5, 5.41) is 3.27. The van der Waals surface area contributed by atoms with Crippen molar-refractivity contribution >= 4 is 28.7 Å².